The van der Waals surface area contributed by atoms with Crippen LogP contribution in [-0.4, -0.2) is 76.8 Å². The summed E-state index contributed by atoms with van der Waals surface area (Å²) in [6, 6.07) is 6.33. The van der Waals surface area contributed by atoms with Crippen LogP contribution in [0.15, 0.2) is 36.8 Å². The van der Waals surface area contributed by atoms with Crippen molar-refractivity contribution in [2.24, 2.45) is 11.8 Å². The van der Waals surface area contributed by atoms with Crippen LogP contribution in [0.4, 0.5) is 19.0 Å². The van der Waals surface area contributed by atoms with Gasteiger partial charge in [0.25, 0.3) is 0 Å². The number of imidazole rings is 1. The molecule has 10 nitrogen and oxygen atoms in total. The number of aryl methyl sites for hydroxylation is 1. The second-order valence-electron chi connectivity index (χ2n) is 12.0. The summed E-state index contributed by atoms with van der Waals surface area (Å²) in [4.78, 5) is 18.5. The van der Waals surface area contributed by atoms with Crippen molar-refractivity contribution in [3.8, 4) is 5.75 Å². The average Bonchev–Trinajstić information content (AvgIpc) is 3.58. The number of nitrogens with zero attached hydrogens (tertiary/aromatic N) is 5. The monoisotopic (exact) mass is 587 g/mol. The SMILES string of the molecule is CC(C)N(C[C@H]1C[C@@H](n2ccc3c(N)ncnc32)[C@H](O)[C@@H]1O)[C@H]1C[C@@H](CCc2nc3cc(OC(F)(F)F)ccc3[nH]2)C1. The van der Waals surface area contributed by atoms with Crippen molar-refractivity contribution in [1.82, 2.24) is 29.4 Å². The molecule has 42 heavy (non-hydrogen) atoms. The van der Waals surface area contributed by atoms with E-state index in [1.165, 1.54) is 18.5 Å². The normalized spacial score (nSPS) is 26.5. The van der Waals surface area contributed by atoms with E-state index in [1.807, 2.05) is 16.8 Å². The quantitative estimate of drug-likeness (QED) is 0.229. The molecule has 3 aromatic heterocycles. The molecule has 0 radical (unpaired) electrons. The molecule has 3 heterocycles. The van der Waals surface area contributed by atoms with Crippen molar-refractivity contribution >= 4 is 27.9 Å². The van der Waals surface area contributed by atoms with E-state index in [4.69, 9.17) is 5.73 Å². The van der Waals surface area contributed by atoms with E-state index in [-0.39, 0.29) is 23.8 Å². The number of aromatic amines is 1. The van der Waals surface area contributed by atoms with Crippen molar-refractivity contribution in [2.45, 2.75) is 82.6 Å². The van der Waals surface area contributed by atoms with Gasteiger partial charge in [-0.1, -0.05) is 0 Å². The van der Waals surface area contributed by atoms with Gasteiger partial charge in [0, 0.05) is 43.2 Å². The number of halogens is 3. The number of hydrogen-bond acceptors (Lipinski definition) is 8. The predicted molar refractivity (Wildman–Crippen MR) is 151 cm³/mol. The predicted octanol–water partition coefficient (Wildman–Crippen LogP) is 4.19. The molecule has 0 amide bonds. The molecule has 226 valence electrons. The lowest BCUT2D eigenvalue weighted by Gasteiger charge is -2.46. The van der Waals surface area contributed by atoms with Crippen molar-refractivity contribution in [3.63, 3.8) is 0 Å². The van der Waals surface area contributed by atoms with Crippen LogP contribution in [-0.2, 0) is 6.42 Å². The first-order chi connectivity index (χ1) is 20.0. The molecule has 1 aromatic carbocycles. The number of nitrogens with one attached hydrogen (secondary N) is 1. The Morgan fingerprint density at radius 3 is 2.67 bits per heavy atom. The van der Waals surface area contributed by atoms with Gasteiger partial charge in [0.2, 0.25) is 0 Å². The summed E-state index contributed by atoms with van der Waals surface area (Å²) in [5.41, 5.74) is 7.77. The van der Waals surface area contributed by atoms with E-state index in [9.17, 15) is 23.4 Å². The Hall–Kier alpha value is -3.42. The third kappa shape index (κ3) is 5.64. The fourth-order valence-electron chi connectivity index (χ4n) is 6.77. The maximum atomic E-state index is 12.5. The fraction of sp³-hybridized carbons (Fsp3) is 0.552. The van der Waals surface area contributed by atoms with Crippen LogP contribution >= 0.6 is 0 Å². The number of aliphatic hydroxyl groups excluding tert-OH is 2. The molecule has 6 rings (SSSR count). The van der Waals surface area contributed by atoms with E-state index in [1.54, 1.807) is 6.07 Å². The van der Waals surface area contributed by atoms with Gasteiger partial charge in [0.1, 0.15) is 35.5 Å². The molecule has 2 saturated carbocycles. The Labute approximate surface area is 240 Å². The molecular formula is C29H36F3N7O3. The Morgan fingerprint density at radius 1 is 1.14 bits per heavy atom. The number of fused-ring (bicyclic) bond motifs is 2. The lowest BCUT2D eigenvalue weighted by molar-refractivity contribution is -0.274. The molecule has 5 N–H and O–H groups in total. The maximum absolute atomic E-state index is 12.5. The zero-order valence-electron chi connectivity index (χ0n) is 23.5. The molecular weight excluding hydrogens is 551 g/mol. The van der Waals surface area contributed by atoms with E-state index >= 15 is 0 Å². The number of nitrogen functional groups attached to an aromatic ring is 1. The number of aromatic nitrogens is 5. The lowest BCUT2D eigenvalue weighted by atomic mass is 9.76. The summed E-state index contributed by atoms with van der Waals surface area (Å²) >= 11 is 0. The van der Waals surface area contributed by atoms with Crippen LogP contribution in [0, 0.1) is 11.8 Å². The van der Waals surface area contributed by atoms with Gasteiger partial charge in [0.15, 0.2) is 0 Å². The smallest absolute Gasteiger partial charge is 0.406 e. The largest absolute Gasteiger partial charge is 0.573 e. The van der Waals surface area contributed by atoms with Gasteiger partial charge >= 0.3 is 6.36 Å². The van der Waals surface area contributed by atoms with Gasteiger partial charge in [0.05, 0.1) is 28.6 Å². The summed E-state index contributed by atoms with van der Waals surface area (Å²) in [7, 11) is 0. The second-order valence-corrected chi connectivity index (χ2v) is 12.0. The number of benzene rings is 1. The van der Waals surface area contributed by atoms with Crippen LogP contribution in [0.5, 0.6) is 5.75 Å². The standard InChI is InChI=1S/C29H36F3N7O3/c1-15(2)39(13-17-11-23(26(41)25(17)40)38-8-7-20-27(33)34-14-35-28(20)38)18-9-16(10-18)3-6-24-36-21-5-4-19(12-22(21)37-24)42-29(30,31)32/h4-5,7-8,12,14-18,23,25-26,40-41H,3,6,9-11,13H2,1-2H3,(H,36,37)(H2,33,34,35)/t16-,17-,18+,23-,25-,26+/m1/s1. The minimum Gasteiger partial charge on any atom is -0.406 e. The Kier molecular flexibility index (Phi) is 7.52. The Balaban J connectivity index is 1.04. The zero-order chi connectivity index (χ0) is 29.8. The number of hydrogen-bond donors (Lipinski definition) is 4. The number of aliphatic hydroxyl groups is 2. The van der Waals surface area contributed by atoms with Crippen LogP contribution in [0.3, 0.4) is 0 Å². The van der Waals surface area contributed by atoms with Gasteiger partial charge in [-0.05, 0) is 63.6 Å². The molecule has 4 aromatic rings. The number of nitrogens with two attached hydrogens (primary N) is 1. The van der Waals surface area contributed by atoms with Gasteiger partial charge in [-0.2, -0.15) is 0 Å². The van der Waals surface area contributed by atoms with Crippen LogP contribution in [0.2, 0.25) is 0 Å². The highest BCUT2D eigenvalue weighted by Gasteiger charge is 2.45. The molecule has 13 heteroatoms. The first kappa shape index (κ1) is 28.7. The summed E-state index contributed by atoms with van der Waals surface area (Å²) < 4.78 is 43.5. The maximum Gasteiger partial charge on any atom is 0.573 e. The van der Waals surface area contributed by atoms with Crippen molar-refractivity contribution in [1.29, 1.82) is 0 Å². The lowest BCUT2D eigenvalue weighted by Crippen LogP contribution is -2.51. The highest BCUT2D eigenvalue weighted by atomic mass is 19.4. The molecule has 2 fully saturated rings. The molecule has 0 aliphatic heterocycles. The van der Waals surface area contributed by atoms with Gasteiger partial charge in [-0.3, -0.25) is 4.90 Å². The third-order valence-electron chi connectivity index (χ3n) is 8.98. The number of anilines is 1. The molecule has 2 aliphatic carbocycles. The van der Waals surface area contributed by atoms with E-state index in [2.05, 4.69) is 43.4 Å². The molecule has 0 bridgehead atoms. The molecule has 0 saturated heterocycles. The number of H-pyrrole nitrogens is 1. The van der Waals surface area contributed by atoms with Crippen LogP contribution < -0.4 is 10.5 Å². The van der Waals surface area contributed by atoms with Crippen molar-refractivity contribution in [2.75, 3.05) is 12.3 Å². The first-order valence-electron chi connectivity index (χ1n) is 14.4. The average molecular weight is 588 g/mol. The topological polar surface area (TPSA) is 138 Å². The summed E-state index contributed by atoms with van der Waals surface area (Å²) in [6.07, 6.45) is 1.06. The molecule has 2 aliphatic rings. The van der Waals surface area contributed by atoms with Gasteiger partial charge in [-0.25, -0.2) is 15.0 Å². The summed E-state index contributed by atoms with van der Waals surface area (Å²) in [5.74, 6) is 1.27. The molecule has 0 spiro atoms. The number of alkyl halides is 3. The van der Waals surface area contributed by atoms with E-state index in [0.717, 1.165) is 30.5 Å². The molecule has 0 unspecified atom stereocenters. The van der Waals surface area contributed by atoms with Crippen LogP contribution in [0.25, 0.3) is 22.1 Å². The van der Waals surface area contributed by atoms with Crippen LogP contribution in [0.1, 0.15) is 51.4 Å². The minimum atomic E-state index is -4.74. The zero-order valence-corrected chi connectivity index (χ0v) is 23.5. The van der Waals surface area contributed by atoms with Crippen molar-refractivity contribution in [3.05, 3.63) is 42.6 Å². The number of ether oxygens (including phenoxy) is 1. The second kappa shape index (κ2) is 11.0. The highest BCUT2D eigenvalue weighted by Crippen LogP contribution is 2.41. The summed E-state index contributed by atoms with van der Waals surface area (Å²) in [5, 5.41) is 22.8. The molecule has 4 atom stereocenters. The Bertz CT molecular complexity index is 1550. The fourth-order valence-corrected chi connectivity index (χ4v) is 6.77. The minimum absolute atomic E-state index is 0.0927. The van der Waals surface area contributed by atoms with Gasteiger partial charge < -0.3 is 30.2 Å². The van der Waals surface area contributed by atoms with Gasteiger partial charge in [-0.15, -0.1) is 13.2 Å². The summed E-state index contributed by atoms with van der Waals surface area (Å²) in [6.45, 7) is 5.01. The van der Waals surface area contributed by atoms with Crippen molar-refractivity contribution < 1.29 is 28.1 Å². The van der Waals surface area contributed by atoms with E-state index in [0.29, 0.717) is 53.8 Å². The Morgan fingerprint density at radius 2 is 1.93 bits per heavy atom. The first-order valence-corrected chi connectivity index (χ1v) is 14.4. The third-order valence-corrected chi connectivity index (χ3v) is 8.98. The number of rotatable bonds is 9. The van der Waals surface area contributed by atoms with E-state index < -0.39 is 18.6 Å². The highest BCUT2D eigenvalue weighted by molar-refractivity contribution is 5.86.